The highest BCUT2D eigenvalue weighted by molar-refractivity contribution is 5.68. The molecule has 1 atom stereocenters. The third kappa shape index (κ3) is 2.49. The van der Waals surface area contributed by atoms with Crippen LogP contribution in [0, 0.1) is 5.82 Å². The lowest BCUT2D eigenvalue weighted by Gasteiger charge is -2.27. The third-order valence-corrected chi connectivity index (χ3v) is 3.29. The summed E-state index contributed by atoms with van der Waals surface area (Å²) in [5, 5.41) is 0. The summed E-state index contributed by atoms with van der Waals surface area (Å²) in [6, 6.07) is 6.41. The second kappa shape index (κ2) is 5.73. The van der Waals surface area contributed by atoms with E-state index in [2.05, 4.69) is 9.97 Å². The molecule has 6 heteroatoms. The molecule has 2 rings (SSSR count). The SMILES string of the molecule is COc1ncnc(N(C)C(C)c2ccccc2F)c1N. The summed E-state index contributed by atoms with van der Waals surface area (Å²) < 4.78 is 18.9. The van der Waals surface area contributed by atoms with E-state index in [4.69, 9.17) is 10.5 Å². The molecule has 2 N–H and O–H groups in total. The van der Waals surface area contributed by atoms with Crippen molar-refractivity contribution in [3.05, 3.63) is 42.0 Å². The maximum Gasteiger partial charge on any atom is 0.242 e. The Morgan fingerprint density at radius 3 is 2.65 bits per heavy atom. The van der Waals surface area contributed by atoms with Crippen molar-refractivity contribution >= 4 is 11.5 Å². The van der Waals surface area contributed by atoms with Crippen molar-refractivity contribution in [2.75, 3.05) is 24.8 Å². The van der Waals surface area contributed by atoms with Crippen LogP contribution in [0.15, 0.2) is 30.6 Å². The highest BCUT2D eigenvalue weighted by atomic mass is 19.1. The van der Waals surface area contributed by atoms with Gasteiger partial charge in [0.1, 0.15) is 17.8 Å². The molecule has 2 aromatic rings. The highest BCUT2D eigenvalue weighted by Crippen LogP contribution is 2.32. The Bertz CT molecular complexity index is 605. The number of methoxy groups -OCH3 is 1. The minimum Gasteiger partial charge on any atom is -0.479 e. The summed E-state index contributed by atoms with van der Waals surface area (Å²) in [4.78, 5) is 9.87. The number of benzene rings is 1. The second-order valence-electron chi connectivity index (χ2n) is 4.43. The number of nitrogens with two attached hydrogens (primary N) is 1. The number of nitrogens with zero attached hydrogens (tertiary/aromatic N) is 3. The van der Waals surface area contributed by atoms with E-state index in [1.165, 1.54) is 19.5 Å². The van der Waals surface area contributed by atoms with Crippen molar-refractivity contribution in [1.82, 2.24) is 9.97 Å². The molecule has 0 aliphatic carbocycles. The molecule has 20 heavy (non-hydrogen) atoms. The Morgan fingerprint density at radius 1 is 1.30 bits per heavy atom. The van der Waals surface area contributed by atoms with Gasteiger partial charge < -0.3 is 15.4 Å². The van der Waals surface area contributed by atoms with Crippen molar-refractivity contribution in [3.63, 3.8) is 0 Å². The molecule has 0 spiro atoms. The van der Waals surface area contributed by atoms with E-state index in [1.54, 1.807) is 30.1 Å². The van der Waals surface area contributed by atoms with Crippen LogP contribution in [-0.2, 0) is 0 Å². The smallest absolute Gasteiger partial charge is 0.242 e. The van der Waals surface area contributed by atoms with Gasteiger partial charge in [-0.1, -0.05) is 18.2 Å². The Kier molecular flexibility index (Phi) is 4.02. The quantitative estimate of drug-likeness (QED) is 0.929. The van der Waals surface area contributed by atoms with Gasteiger partial charge in [-0.25, -0.2) is 9.37 Å². The topological polar surface area (TPSA) is 64.3 Å². The number of nitrogen functional groups attached to an aromatic ring is 1. The molecule has 0 fully saturated rings. The van der Waals surface area contributed by atoms with Crippen molar-refractivity contribution in [2.24, 2.45) is 0 Å². The largest absolute Gasteiger partial charge is 0.479 e. The van der Waals surface area contributed by atoms with Gasteiger partial charge in [0, 0.05) is 12.6 Å². The zero-order valence-corrected chi connectivity index (χ0v) is 11.7. The fraction of sp³-hybridized carbons (Fsp3) is 0.286. The molecule has 0 bridgehead atoms. The van der Waals surface area contributed by atoms with Crippen LogP contribution >= 0.6 is 0 Å². The molecule has 0 saturated heterocycles. The van der Waals surface area contributed by atoms with Gasteiger partial charge in [-0.2, -0.15) is 4.98 Å². The summed E-state index contributed by atoms with van der Waals surface area (Å²) in [6.45, 7) is 1.88. The predicted octanol–water partition coefficient (Wildman–Crippen LogP) is 2.40. The van der Waals surface area contributed by atoms with Gasteiger partial charge in [0.15, 0.2) is 5.82 Å². The van der Waals surface area contributed by atoms with Crippen molar-refractivity contribution in [3.8, 4) is 5.88 Å². The highest BCUT2D eigenvalue weighted by Gasteiger charge is 2.20. The van der Waals surface area contributed by atoms with Crippen LogP contribution in [-0.4, -0.2) is 24.1 Å². The Labute approximate surface area is 117 Å². The zero-order chi connectivity index (χ0) is 14.7. The first-order valence-corrected chi connectivity index (χ1v) is 6.18. The molecule has 0 aliphatic heterocycles. The normalized spacial score (nSPS) is 12.0. The van der Waals surface area contributed by atoms with Gasteiger partial charge in [-0.15, -0.1) is 0 Å². The predicted molar refractivity (Wildman–Crippen MR) is 76.2 cm³/mol. The van der Waals surface area contributed by atoms with Gasteiger partial charge in [0.25, 0.3) is 0 Å². The van der Waals surface area contributed by atoms with E-state index in [9.17, 15) is 4.39 Å². The van der Waals surface area contributed by atoms with Crippen LogP contribution in [0.25, 0.3) is 0 Å². The van der Waals surface area contributed by atoms with E-state index >= 15 is 0 Å². The van der Waals surface area contributed by atoms with Crippen molar-refractivity contribution in [1.29, 1.82) is 0 Å². The average molecular weight is 276 g/mol. The van der Waals surface area contributed by atoms with Crippen LogP contribution in [0.2, 0.25) is 0 Å². The van der Waals surface area contributed by atoms with Gasteiger partial charge in [-0.05, 0) is 13.0 Å². The molecule has 106 valence electrons. The molecular weight excluding hydrogens is 259 g/mol. The number of aromatic nitrogens is 2. The minimum absolute atomic E-state index is 0.224. The van der Waals surface area contributed by atoms with Gasteiger partial charge in [0.05, 0.1) is 13.2 Å². The van der Waals surface area contributed by atoms with E-state index in [1.807, 2.05) is 6.92 Å². The summed E-state index contributed by atoms with van der Waals surface area (Å²) >= 11 is 0. The third-order valence-electron chi connectivity index (χ3n) is 3.29. The molecular formula is C14H17FN4O. The molecule has 1 aromatic heterocycles. The van der Waals surface area contributed by atoms with Crippen LogP contribution in [0.5, 0.6) is 5.88 Å². The molecule has 0 amide bonds. The number of hydrogen-bond acceptors (Lipinski definition) is 5. The van der Waals surface area contributed by atoms with E-state index in [-0.39, 0.29) is 11.9 Å². The number of rotatable bonds is 4. The lowest BCUT2D eigenvalue weighted by atomic mass is 10.1. The molecule has 0 saturated carbocycles. The Hall–Kier alpha value is -2.37. The molecule has 1 heterocycles. The number of hydrogen-bond donors (Lipinski definition) is 1. The van der Waals surface area contributed by atoms with Crippen LogP contribution in [0.1, 0.15) is 18.5 Å². The number of anilines is 2. The van der Waals surface area contributed by atoms with Gasteiger partial charge in [0.2, 0.25) is 5.88 Å². The monoisotopic (exact) mass is 276 g/mol. The maximum absolute atomic E-state index is 13.8. The minimum atomic E-state index is -0.258. The average Bonchev–Trinajstić information content (AvgIpc) is 2.46. The lowest BCUT2D eigenvalue weighted by molar-refractivity contribution is 0.399. The molecule has 1 unspecified atom stereocenters. The van der Waals surface area contributed by atoms with Crippen molar-refractivity contribution in [2.45, 2.75) is 13.0 Å². The first-order chi connectivity index (χ1) is 9.56. The van der Waals surface area contributed by atoms with Crippen LogP contribution in [0.4, 0.5) is 15.9 Å². The standard InChI is InChI=1S/C14H17FN4O/c1-9(10-6-4-5-7-11(10)15)19(2)13-12(16)14(20-3)18-8-17-13/h4-9H,16H2,1-3H3. The number of ether oxygens (including phenoxy) is 1. The van der Waals surface area contributed by atoms with E-state index in [0.717, 1.165) is 0 Å². The molecule has 1 aromatic carbocycles. The van der Waals surface area contributed by atoms with Gasteiger partial charge >= 0.3 is 0 Å². The first-order valence-electron chi connectivity index (χ1n) is 6.18. The van der Waals surface area contributed by atoms with Gasteiger partial charge in [-0.3, -0.25) is 0 Å². The zero-order valence-electron chi connectivity index (χ0n) is 11.7. The Balaban J connectivity index is 2.36. The van der Waals surface area contributed by atoms with Crippen LogP contribution < -0.4 is 15.4 Å². The first kappa shape index (κ1) is 14.0. The summed E-state index contributed by atoms with van der Waals surface area (Å²) in [7, 11) is 3.29. The molecule has 5 nitrogen and oxygen atoms in total. The summed E-state index contributed by atoms with van der Waals surface area (Å²) in [5.41, 5.74) is 6.87. The van der Waals surface area contributed by atoms with Crippen LogP contribution in [0.3, 0.4) is 0 Å². The summed E-state index contributed by atoms with van der Waals surface area (Å²) in [6.07, 6.45) is 1.37. The molecule has 0 aliphatic rings. The molecule has 0 radical (unpaired) electrons. The second-order valence-corrected chi connectivity index (χ2v) is 4.43. The van der Waals surface area contributed by atoms with Crippen molar-refractivity contribution < 1.29 is 9.13 Å². The fourth-order valence-corrected chi connectivity index (χ4v) is 2.02. The Morgan fingerprint density at radius 2 is 2.00 bits per heavy atom. The van der Waals surface area contributed by atoms with E-state index < -0.39 is 0 Å². The lowest BCUT2D eigenvalue weighted by Crippen LogP contribution is -2.24. The summed E-state index contributed by atoms with van der Waals surface area (Å²) in [5.74, 6) is 0.557. The fourth-order valence-electron chi connectivity index (χ4n) is 2.02. The van der Waals surface area contributed by atoms with E-state index in [0.29, 0.717) is 22.9 Å². The maximum atomic E-state index is 13.8. The number of halogens is 1.